The topological polar surface area (TPSA) is 156 Å². The molecular formula is C18H19N5O7S. The zero-order valence-electron chi connectivity index (χ0n) is 17.1. The molecule has 3 rings (SSSR count). The molecule has 0 amide bonds. The van der Waals surface area contributed by atoms with Gasteiger partial charge in [0.2, 0.25) is 0 Å². The van der Waals surface area contributed by atoms with Crippen LogP contribution in [0.2, 0.25) is 0 Å². The Bertz CT molecular complexity index is 1070. The van der Waals surface area contributed by atoms with Crippen molar-refractivity contribution in [3.63, 3.8) is 0 Å². The summed E-state index contributed by atoms with van der Waals surface area (Å²) in [6, 6.07) is 2.06. The van der Waals surface area contributed by atoms with Gasteiger partial charge in [-0.05, 0) is 6.26 Å². The average Bonchev–Trinajstić information content (AvgIpc) is 3.23. The number of carbonyl (C=O) groups excluding carboxylic acids is 3. The summed E-state index contributed by atoms with van der Waals surface area (Å²) in [4.78, 5) is 43.0. The van der Waals surface area contributed by atoms with Crippen molar-refractivity contribution in [2.75, 3.05) is 12.9 Å². The lowest BCUT2D eigenvalue weighted by Crippen LogP contribution is -2.40. The fraction of sp³-hybridized carbons (Fsp3) is 0.500. The first-order chi connectivity index (χ1) is 14.8. The Morgan fingerprint density at radius 1 is 1.16 bits per heavy atom. The summed E-state index contributed by atoms with van der Waals surface area (Å²) >= 11 is 1.31. The summed E-state index contributed by atoms with van der Waals surface area (Å²) in [5.74, 6) is -1.88. The van der Waals surface area contributed by atoms with Gasteiger partial charge in [-0.15, -0.1) is 16.9 Å². The lowest BCUT2D eigenvalue weighted by molar-refractivity contribution is -0.166. The highest BCUT2D eigenvalue weighted by Crippen LogP contribution is 2.37. The van der Waals surface area contributed by atoms with E-state index in [1.807, 2.05) is 0 Å². The molecule has 12 nitrogen and oxygen atoms in total. The van der Waals surface area contributed by atoms with Crippen LogP contribution in [0.3, 0.4) is 0 Å². The molecule has 2 aromatic heterocycles. The molecule has 164 valence electrons. The van der Waals surface area contributed by atoms with E-state index in [2.05, 4.69) is 21.1 Å². The van der Waals surface area contributed by atoms with Crippen LogP contribution < -0.4 is 0 Å². The molecule has 0 aliphatic carbocycles. The van der Waals surface area contributed by atoms with Crippen molar-refractivity contribution in [1.29, 1.82) is 5.26 Å². The van der Waals surface area contributed by atoms with Crippen LogP contribution >= 0.6 is 11.8 Å². The lowest BCUT2D eigenvalue weighted by atomic mass is 10.1. The molecule has 1 saturated heterocycles. The monoisotopic (exact) mass is 449 g/mol. The van der Waals surface area contributed by atoms with Crippen molar-refractivity contribution in [2.45, 2.75) is 50.3 Å². The summed E-state index contributed by atoms with van der Waals surface area (Å²) in [6.07, 6.45) is -1.26. The van der Waals surface area contributed by atoms with Crippen molar-refractivity contribution in [3.05, 3.63) is 12.0 Å². The summed E-state index contributed by atoms with van der Waals surface area (Å²) in [5.41, 5.74) is 0.324. The molecule has 0 radical (unpaired) electrons. The quantitative estimate of drug-likeness (QED) is 0.264. The Morgan fingerprint density at radius 2 is 1.84 bits per heavy atom. The first-order valence-corrected chi connectivity index (χ1v) is 10.3. The zero-order valence-corrected chi connectivity index (χ0v) is 17.9. The van der Waals surface area contributed by atoms with Crippen molar-refractivity contribution in [3.8, 4) is 6.07 Å². The minimum absolute atomic E-state index is 0.0804. The van der Waals surface area contributed by atoms with Crippen molar-refractivity contribution in [1.82, 2.24) is 19.7 Å². The SMILES string of the molecule is CSc1ncnc2nn([C@@H]3O[C@H](COC(C)=O)[C@@H](OC(C)=O)[C@H]3OC(C)=O)c(C#N)c12. The van der Waals surface area contributed by atoms with Crippen LogP contribution in [0.25, 0.3) is 11.0 Å². The Morgan fingerprint density at radius 3 is 2.42 bits per heavy atom. The van der Waals surface area contributed by atoms with E-state index in [4.69, 9.17) is 18.9 Å². The van der Waals surface area contributed by atoms with E-state index in [0.29, 0.717) is 10.4 Å². The van der Waals surface area contributed by atoms with Crippen LogP contribution in [0.15, 0.2) is 11.4 Å². The van der Waals surface area contributed by atoms with Crippen molar-refractivity contribution < 1.29 is 33.3 Å². The number of carbonyl (C=O) groups is 3. The van der Waals surface area contributed by atoms with E-state index in [1.165, 1.54) is 43.5 Å². The normalized spacial score (nSPS) is 22.7. The fourth-order valence-electron chi connectivity index (χ4n) is 3.25. The van der Waals surface area contributed by atoms with Gasteiger partial charge in [0.05, 0.1) is 5.39 Å². The maximum Gasteiger partial charge on any atom is 0.303 e. The van der Waals surface area contributed by atoms with Crippen LogP contribution in [0, 0.1) is 11.3 Å². The molecule has 31 heavy (non-hydrogen) atoms. The Balaban J connectivity index is 2.11. The number of hydrogen-bond acceptors (Lipinski definition) is 12. The van der Waals surface area contributed by atoms with E-state index < -0.39 is 42.4 Å². The smallest absolute Gasteiger partial charge is 0.303 e. The first-order valence-electron chi connectivity index (χ1n) is 9.07. The third kappa shape index (κ3) is 4.59. The number of thioether (sulfide) groups is 1. The van der Waals surface area contributed by atoms with Crippen LogP contribution in [-0.4, -0.2) is 68.8 Å². The number of aromatic nitrogens is 4. The molecule has 1 aliphatic heterocycles. The molecule has 4 atom stereocenters. The number of nitrogens with zero attached hydrogens (tertiary/aromatic N) is 5. The van der Waals surface area contributed by atoms with Gasteiger partial charge in [0.1, 0.15) is 30.1 Å². The molecular weight excluding hydrogens is 430 g/mol. The van der Waals surface area contributed by atoms with E-state index in [9.17, 15) is 19.6 Å². The third-order valence-corrected chi connectivity index (χ3v) is 5.04. The lowest BCUT2D eigenvalue weighted by Gasteiger charge is -2.23. The highest BCUT2D eigenvalue weighted by Gasteiger charge is 2.51. The predicted molar refractivity (Wildman–Crippen MR) is 103 cm³/mol. The van der Waals surface area contributed by atoms with E-state index >= 15 is 0 Å². The number of rotatable bonds is 6. The van der Waals surface area contributed by atoms with Crippen molar-refractivity contribution in [2.24, 2.45) is 0 Å². The standard InChI is InChI=1S/C18H19N5O7S/c1-8(24)27-6-12-14(28-9(2)25)15(29-10(3)26)18(30-12)23-11(5-19)13-16(22-23)20-7-21-17(13)31-4/h7,12,14-15,18H,6H2,1-4H3/t12-,14-,15-,18-/m1/s1. The molecule has 13 heteroatoms. The Kier molecular flexibility index (Phi) is 6.71. The Hall–Kier alpha value is -3.24. The Labute approximate surface area is 180 Å². The number of ether oxygens (including phenoxy) is 4. The van der Waals surface area contributed by atoms with Gasteiger partial charge in [0, 0.05) is 20.8 Å². The minimum atomic E-state index is -1.16. The molecule has 0 aromatic carbocycles. The maximum absolute atomic E-state index is 11.8. The number of hydrogen-bond donors (Lipinski definition) is 0. The number of fused-ring (bicyclic) bond motifs is 1. The van der Waals surface area contributed by atoms with E-state index in [-0.39, 0.29) is 17.9 Å². The molecule has 0 bridgehead atoms. The van der Waals surface area contributed by atoms with Crippen LogP contribution in [0.4, 0.5) is 0 Å². The van der Waals surface area contributed by atoms with Gasteiger partial charge in [-0.25, -0.2) is 14.6 Å². The summed E-state index contributed by atoms with van der Waals surface area (Å²) in [6.45, 7) is 3.32. The first kappa shape index (κ1) is 22.4. The number of esters is 3. The second-order valence-corrected chi connectivity index (χ2v) is 7.30. The van der Waals surface area contributed by atoms with Gasteiger partial charge in [0.25, 0.3) is 0 Å². The molecule has 0 unspecified atom stereocenters. The fourth-order valence-corrected chi connectivity index (χ4v) is 3.79. The molecule has 1 aliphatic rings. The van der Waals surface area contributed by atoms with Gasteiger partial charge in [0.15, 0.2) is 29.8 Å². The summed E-state index contributed by atoms with van der Waals surface area (Å²) in [5, 5.41) is 15.1. The zero-order chi connectivity index (χ0) is 22.7. The molecule has 0 spiro atoms. The predicted octanol–water partition coefficient (Wildman–Crippen LogP) is 0.744. The van der Waals surface area contributed by atoms with E-state index in [0.717, 1.165) is 0 Å². The van der Waals surface area contributed by atoms with Gasteiger partial charge in [-0.3, -0.25) is 14.4 Å². The molecule has 1 fully saturated rings. The second kappa shape index (κ2) is 9.27. The summed E-state index contributed by atoms with van der Waals surface area (Å²) < 4.78 is 22.9. The minimum Gasteiger partial charge on any atom is -0.463 e. The highest BCUT2D eigenvalue weighted by atomic mass is 32.2. The third-order valence-electron chi connectivity index (χ3n) is 4.34. The largest absolute Gasteiger partial charge is 0.463 e. The van der Waals surface area contributed by atoms with Gasteiger partial charge >= 0.3 is 17.9 Å². The average molecular weight is 449 g/mol. The second-order valence-electron chi connectivity index (χ2n) is 6.50. The van der Waals surface area contributed by atoms with Gasteiger partial charge in [-0.1, -0.05) is 0 Å². The number of nitriles is 1. The van der Waals surface area contributed by atoms with Gasteiger partial charge < -0.3 is 18.9 Å². The molecule has 0 N–H and O–H groups in total. The van der Waals surface area contributed by atoms with E-state index in [1.54, 1.807) is 6.26 Å². The highest BCUT2D eigenvalue weighted by molar-refractivity contribution is 7.98. The molecule has 3 heterocycles. The summed E-state index contributed by atoms with van der Waals surface area (Å²) in [7, 11) is 0. The van der Waals surface area contributed by atoms with Crippen LogP contribution in [-0.2, 0) is 33.3 Å². The van der Waals surface area contributed by atoms with Crippen LogP contribution in [0.1, 0.15) is 32.7 Å². The molecule has 2 aromatic rings. The maximum atomic E-state index is 11.8. The van der Waals surface area contributed by atoms with Gasteiger partial charge in [-0.2, -0.15) is 5.26 Å². The van der Waals surface area contributed by atoms with Crippen molar-refractivity contribution >= 4 is 40.7 Å². The van der Waals surface area contributed by atoms with Crippen LogP contribution in [0.5, 0.6) is 0 Å². The molecule has 0 saturated carbocycles.